The third-order valence-electron chi connectivity index (χ3n) is 5.70. The second-order valence-corrected chi connectivity index (χ2v) is 11.2. The van der Waals surface area contributed by atoms with Crippen LogP contribution in [0, 0.1) is 5.82 Å². The van der Waals surface area contributed by atoms with Crippen molar-refractivity contribution in [2.45, 2.75) is 35.6 Å². The smallest absolute Gasteiger partial charge is 0.267 e. The molecular formula is C19H19Cl2FN2O2S2. The maximum Gasteiger partial charge on any atom is 0.267 e. The molecule has 0 amide bonds. The van der Waals surface area contributed by atoms with E-state index in [1.54, 1.807) is 12.1 Å². The molecule has 1 unspecified atom stereocenters. The molecule has 4 nitrogen and oxygen atoms in total. The van der Waals surface area contributed by atoms with Gasteiger partial charge < -0.3 is 5.32 Å². The Morgan fingerprint density at radius 3 is 2.64 bits per heavy atom. The van der Waals surface area contributed by atoms with Crippen LogP contribution in [0.4, 0.5) is 10.1 Å². The molecule has 1 fully saturated rings. The van der Waals surface area contributed by atoms with Gasteiger partial charge >= 0.3 is 0 Å². The molecule has 0 saturated carbocycles. The largest absolute Gasteiger partial charge is 0.317 e. The summed E-state index contributed by atoms with van der Waals surface area (Å²) in [6, 6.07) is 5.31. The van der Waals surface area contributed by atoms with Gasteiger partial charge in [0.2, 0.25) is 0 Å². The van der Waals surface area contributed by atoms with Gasteiger partial charge in [0.1, 0.15) is 15.0 Å². The van der Waals surface area contributed by atoms with E-state index < -0.39 is 21.5 Å². The zero-order chi connectivity index (χ0) is 20.1. The number of hydrogen-bond donors (Lipinski definition) is 1. The van der Waals surface area contributed by atoms with Gasteiger partial charge in [0.05, 0.1) is 16.1 Å². The molecule has 1 spiro atoms. The van der Waals surface area contributed by atoms with Crippen molar-refractivity contribution in [3.05, 3.63) is 57.0 Å². The molecule has 2 aliphatic rings. The highest BCUT2D eigenvalue weighted by Crippen LogP contribution is 2.54. The van der Waals surface area contributed by atoms with Crippen molar-refractivity contribution in [2.24, 2.45) is 0 Å². The van der Waals surface area contributed by atoms with E-state index >= 15 is 0 Å². The van der Waals surface area contributed by atoms with Crippen molar-refractivity contribution in [3.8, 4) is 0 Å². The molecule has 4 rings (SSSR count). The maximum atomic E-state index is 14.2. The molecule has 1 atom stereocenters. The summed E-state index contributed by atoms with van der Waals surface area (Å²) in [6.45, 7) is 5.31. The predicted octanol–water partition coefficient (Wildman–Crippen LogP) is 4.97. The number of benzene rings is 1. The lowest BCUT2D eigenvalue weighted by Gasteiger charge is -2.41. The number of anilines is 1. The predicted molar refractivity (Wildman–Crippen MR) is 113 cm³/mol. The van der Waals surface area contributed by atoms with Gasteiger partial charge in [-0.3, -0.25) is 4.31 Å². The Hall–Kier alpha value is -1.12. The summed E-state index contributed by atoms with van der Waals surface area (Å²) >= 11 is 13.2. The van der Waals surface area contributed by atoms with Crippen molar-refractivity contribution in [2.75, 3.05) is 17.4 Å². The fourth-order valence-electron chi connectivity index (χ4n) is 4.53. The third kappa shape index (κ3) is 2.99. The van der Waals surface area contributed by atoms with Gasteiger partial charge in [-0.15, -0.1) is 17.9 Å². The van der Waals surface area contributed by atoms with Crippen LogP contribution in [0.2, 0.25) is 8.67 Å². The molecule has 2 aliphatic heterocycles. The number of fused-ring (bicyclic) bond motifs is 2. The van der Waals surface area contributed by atoms with Crippen LogP contribution < -0.4 is 9.62 Å². The van der Waals surface area contributed by atoms with E-state index in [4.69, 9.17) is 23.2 Å². The monoisotopic (exact) mass is 460 g/mol. The van der Waals surface area contributed by atoms with Crippen molar-refractivity contribution in [3.63, 3.8) is 0 Å². The van der Waals surface area contributed by atoms with Crippen LogP contribution in [0.5, 0.6) is 0 Å². The Balaban J connectivity index is 1.96. The highest BCUT2D eigenvalue weighted by atomic mass is 35.5. The lowest BCUT2D eigenvalue weighted by atomic mass is 9.69. The van der Waals surface area contributed by atoms with E-state index in [0.717, 1.165) is 30.0 Å². The van der Waals surface area contributed by atoms with Crippen molar-refractivity contribution < 1.29 is 12.8 Å². The van der Waals surface area contributed by atoms with Crippen LogP contribution in [0.1, 0.15) is 24.8 Å². The Morgan fingerprint density at radius 1 is 1.32 bits per heavy atom. The molecular weight excluding hydrogens is 442 g/mol. The zero-order valence-electron chi connectivity index (χ0n) is 14.9. The highest BCUT2D eigenvalue weighted by molar-refractivity contribution is 7.93. The standard InChI is InChI=1S/C19H19Cl2FN2O2S2/c1-2-3-16-19(6-8-23-9-7-19)13-10-12(22)4-5-14(13)24(16)28(25,26)15-11-17(20)27-18(15)21/h2,4-5,10-11,16,23H,1,3,6-9H2. The molecule has 1 aromatic carbocycles. The van der Waals surface area contributed by atoms with Crippen molar-refractivity contribution >= 4 is 50.2 Å². The fraction of sp³-hybridized carbons (Fsp3) is 0.368. The molecule has 0 aliphatic carbocycles. The Morgan fingerprint density at radius 2 is 2.04 bits per heavy atom. The molecule has 28 heavy (non-hydrogen) atoms. The summed E-state index contributed by atoms with van der Waals surface area (Å²) in [6.07, 6.45) is 3.60. The van der Waals surface area contributed by atoms with Crippen LogP contribution >= 0.6 is 34.5 Å². The second-order valence-electron chi connectivity index (χ2n) is 7.10. The average molecular weight is 461 g/mol. The number of hydrogen-bond acceptors (Lipinski definition) is 4. The summed E-state index contributed by atoms with van der Waals surface area (Å²) in [5, 5.41) is 3.32. The van der Waals surface area contributed by atoms with Crippen LogP contribution in [0.15, 0.2) is 41.8 Å². The van der Waals surface area contributed by atoms with Gasteiger partial charge in [0.15, 0.2) is 0 Å². The van der Waals surface area contributed by atoms with Gasteiger partial charge in [-0.05, 0) is 62.2 Å². The minimum Gasteiger partial charge on any atom is -0.317 e. The molecule has 9 heteroatoms. The van der Waals surface area contributed by atoms with Crippen LogP contribution in [0.3, 0.4) is 0 Å². The van der Waals surface area contributed by atoms with Gasteiger partial charge in [-0.1, -0.05) is 29.3 Å². The van der Waals surface area contributed by atoms with Crippen LogP contribution in [-0.4, -0.2) is 27.5 Å². The summed E-state index contributed by atoms with van der Waals surface area (Å²) in [5.74, 6) is -0.370. The van der Waals surface area contributed by atoms with Crippen molar-refractivity contribution in [1.29, 1.82) is 0 Å². The number of rotatable bonds is 4. The number of thiophene rings is 1. The first-order valence-electron chi connectivity index (χ1n) is 8.92. The molecule has 150 valence electrons. The van der Waals surface area contributed by atoms with Crippen LogP contribution in [0.25, 0.3) is 0 Å². The number of nitrogens with one attached hydrogen (secondary N) is 1. The highest BCUT2D eigenvalue weighted by Gasteiger charge is 2.54. The number of sulfonamides is 1. The van der Waals surface area contributed by atoms with Gasteiger partial charge in [-0.25, -0.2) is 12.8 Å². The first kappa shape index (κ1) is 20.2. The minimum absolute atomic E-state index is 0.0144. The van der Waals surface area contributed by atoms with E-state index in [-0.39, 0.29) is 15.0 Å². The normalized spacial score (nSPS) is 21.1. The molecule has 1 aromatic heterocycles. The Bertz CT molecular complexity index is 1030. The first-order valence-corrected chi connectivity index (χ1v) is 11.9. The number of piperidine rings is 1. The van der Waals surface area contributed by atoms with E-state index in [2.05, 4.69) is 11.9 Å². The maximum absolute atomic E-state index is 14.2. The molecule has 2 aromatic rings. The number of halogens is 3. The van der Waals surface area contributed by atoms with Crippen molar-refractivity contribution in [1.82, 2.24) is 5.32 Å². The quantitative estimate of drug-likeness (QED) is 0.655. The Labute approximate surface area is 178 Å². The van der Waals surface area contributed by atoms with E-state index in [1.165, 1.54) is 22.5 Å². The Kier molecular flexibility index (Phi) is 5.25. The third-order valence-corrected chi connectivity index (χ3v) is 9.28. The van der Waals surface area contributed by atoms with E-state index in [0.29, 0.717) is 29.3 Å². The van der Waals surface area contributed by atoms with Gasteiger partial charge in [-0.2, -0.15) is 0 Å². The average Bonchev–Trinajstić information content (AvgIpc) is 3.13. The molecule has 3 heterocycles. The molecule has 1 N–H and O–H groups in total. The van der Waals surface area contributed by atoms with E-state index in [9.17, 15) is 12.8 Å². The summed E-state index contributed by atoms with van der Waals surface area (Å²) in [4.78, 5) is -0.0144. The number of nitrogens with zero attached hydrogens (tertiary/aromatic N) is 1. The topological polar surface area (TPSA) is 49.4 Å². The van der Waals surface area contributed by atoms with E-state index in [1.807, 2.05) is 0 Å². The summed E-state index contributed by atoms with van der Waals surface area (Å²) in [7, 11) is -3.98. The second kappa shape index (κ2) is 7.29. The fourth-order valence-corrected chi connectivity index (χ4v) is 8.40. The zero-order valence-corrected chi connectivity index (χ0v) is 18.1. The minimum atomic E-state index is -3.98. The summed E-state index contributed by atoms with van der Waals surface area (Å²) in [5.41, 5.74) is 0.770. The first-order chi connectivity index (χ1) is 13.3. The van der Waals surface area contributed by atoms with Gasteiger partial charge in [0.25, 0.3) is 10.0 Å². The molecule has 0 radical (unpaired) electrons. The molecule has 1 saturated heterocycles. The lowest BCUT2D eigenvalue weighted by molar-refractivity contribution is 0.273. The SMILES string of the molecule is C=CCC1N(S(=O)(=O)c2cc(Cl)sc2Cl)c2ccc(F)cc2C12CCNCC2. The lowest BCUT2D eigenvalue weighted by Crippen LogP contribution is -2.51. The summed E-state index contributed by atoms with van der Waals surface area (Å²) < 4.78 is 43.4. The molecule has 0 bridgehead atoms. The van der Waals surface area contributed by atoms with Gasteiger partial charge in [0, 0.05) is 5.41 Å². The van der Waals surface area contributed by atoms with Crippen LogP contribution in [-0.2, 0) is 15.4 Å².